The molecule has 1 aromatic heterocycles. The summed E-state index contributed by atoms with van der Waals surface area (Å²) in [6, 6.07) is 3.54. The highest BCUT2D eigenvalue weighted by Gasteiger charge is 2.41. The van der Waals surface area contributed by atoms with E-state index in [0.717, 1.165) is 64.6 Å². The topological polar surface area (TPSA) is 54.5 Å². The van der Waals surface area contributed by atoms with Gasteiger partial charge in [0.1, 0.15) is 11.5 Å². The summed E-state index contributed by atoms with van der Waals surface area (Å²) in [5, 5.41) is 2.53. The van der Waals surface area contributed by atoms with Crippen LogP contribution in [0, 0.1) is 17.3 Å². The van der Waals surface area contributed by atoms with Gasteiger partial charge in [-0.15, -0.1) is 0 Å². The van der Waals surface area contributed by atoms with Crippen molar-refractivity contribution in [1.82, 2.24) is 9.88 Å². The fourth-order valence-corrected chi connectivity index (χ4v) is 5.35. The second kappa shape index (κ2) is 11.0. The second-order valence-electron chi connectivity index (χ2n) is 9.75. The SMILES string of the molecule is CC(C)CN1CCC(C2(CCCC(=O)Nc3cccc(C(F)(F)F)n3)CCOCC2)CC1. The number of hydrogen-bond acceptors (Lipinski definition) is 4. The molecular weight excluding hydrogens is 419 g/mol. The van der Waals surface area contributed by atoms with Crippen LogP contribution in [0.3, 0.4) is 0 Å². The maximum absolute atomic E-state index is 12.8. The molecule has 2 saturated heterocycles. The maximum atomic E-state index is 12.8. The van der Waals surface area contributed by atoms with Crippen LogP contribution in [0.2, 0.25) is 0 Å². The Balaban J connectivity index is 1.52. The van der Waals surface area contributed by atoms with Crippen molar-refractivity contribution in [3.05, 3.63) is 23.9 Å². The highest BCUT2D eigenvalue weighted by molar-refractivity contribution is 5.89. The summed E-state index contributed by atoms with van der Waals surface area (Å²) >= 11 is 0. The van der Waals surface area contributed by atoms with Gasteiger partial charge >= 0.3 is 6.18 Å². The molecule has 2 aliphatic heterocycles. The molecule has 3 heterocycles. The van der Waals surface area contributed by atoms with Crippen LogP contribution in [0.25, 0.3) is 0 Å². The van der Waals surface area contributed by atoms with Gasteiger partial charge < -0.3 is 15.0 Å². The number of anilines is 1. The Hall–Kier alpha value is -1.67. The van der Waals surface area contributed by atoms with Crippen LogP contribution in [0.4, 0.5) is 19.0 Å². The predicted molar refractivity (Wildman–Crippen MR) is 118 cm³/mol. The van der Waals surface area contributed by atoms with Gasteiger partial charge in [-0.25, -0.2) is 4.98 Å². The number of nitrogens with one attached hydrogen (secondary N) is 1. The van der Waals surface area contributed by atoms with Crippen LogP contribution in [-0.4, -0.2) is 48.6 Å². The first-order valence-corrected chi connectivity index (χ1v) is 11.8. The van der Waals surface area contributed by atoms with Crippen molar-refractivity contribution in [3.63, 3.8) is 0 Å². The van der Waals surface area contributed by atoms with E-state index >= 15 is 0 Å². The van der Waals surface area contributed by atoms with Crippen molar-refractivity contribution in [2.24, 2.45) is 17.3 Å². The summed E-state index contributed by atoms with van der Waals surface area (Å²) in [6.45, 7) is 9.46. The molecule has 0 bridgehead atoms. The fraction of sp³-hybridized carbons (Fsp3) is 0.750. The lowest BCUT2D eigenvalue weighted by atomic mass is 9.64. The number of pyridine rings is 1. The molecule has 180 valence electrons. The Bertz CT molecular complexity index is 740. The van der Waals surface area contributed by atoms with Crippen molar-refractivity contribution in [3.8, 4) is 0 Å². The van der Waals surface area contributed by atoms with E-state index in [0.29, 0.717) is 11.8 Å². The van der Waals surface area contributed by atoms with E-state index in [1.807, 2.05) is 0 Å². The number of aromatic nitrogens is 1. The van der Waals surface area contributed by atoms with Crippen LogP contribution >= 0.6 is 0 Å². The van der Waals surface area contributed by atoms with Crippen LogP contribution in [0.5, 0.6) is 0 Å². The van der Waals surface area contributed by atoms with Gasteiger partial charge in [0.15, 0.2) is 0 Å². The van der Waals surface area contributed by atoms with E-state index in [1.165, 1.54) is 25.0 Å². The average Bonchev–Trinajstić information content (AvgIpc) is 2.74. The molecule has 0 spiro atoms. The van der Waals surface area contributed by atoms with Crippen molar-refractivity contribution < 1.29 is 22.7 Å². The number of carbonyl (C=O) groups is 1. The number of amides is 1. The Kier molecular flexibility index (Phi) is 8.55. The standard InChI is InChI=1S/C24H36F3N3O2/c1-18(2)17-30-13-8-19(9-14-30)23(11-15-32-16-12-23)10-4-7-22(31)29-21-6-3-5-20(28-21)24(25,26)27/h3,5-6,18-19H,4,7-17H2,1-2H3,(H,28,29,31). The van der Waals surface area contributed by atoms with Gasteiger partial charge in [-0.3, -0.25) is 4.79 Å². The molecule has 1 aromatic rings. The quantitative estimate of drug-likeness (QED) is 0.572. The molecule has 2 fully saturated rings. The summed E-state index contributed by atoms with van der Waals surface area (Å²) in [5.74, 6) is 0.977. The van der Waals surface area contributed by atoms with Gasteiger partial charge in [0.05, 0.1) is 0 Å². The van der Waals surface area contributed by atoms with Crippen LogP contribution in [0.15, 0.2) is 18.2 Å². The molecule has 0 unspecified atom stereocenters. The number of hydrogen-bond donors (Lipinski definition) is 1. The molecule has 1 amide bonds. The smallest absolute Gasteiger partial charge is 0.381 e. The molecule has 8 heteroatoms. The lowest BCUT2D eigenvalue weighted by Gasteiger charge is -2.47. The summed E-state index contributed by atoms with van der Waals surface area (Å²) in [4.78, 5) is 18.5. The first-order valence-electron chi connectivity index (χ1n) is 11.8. The van der Waals surface area contributed by atoms with Gasteiger partial charge in [-0.05, 0) is 81.0 Å². The minimum atomic E-state index is -4.53. The Morgan fingerprint density at radius 2 is 1.94 bits per heavy atom. The third kappa shape index (κ3) is 6.91. The van der Waals surface area contributed by atoms with E-state index in [4.69, 9.17) is 4.74 Å². The number of rotatable bonds is 8. The van der Waals surface area contributed by atoms with E-state index in [-0.39, 0.29) is 23.6 Å². The molecule has 0 radical (unpaired) electrons. The zero-order valence-corrected chi connectivity index (χ0v) is 19.2. The molecule has 0 atom stereocenters. The van der Waals surface area contributed by atoms with Gasteiger partial charge in [0, 0.05) is 26.2 Å². The highest BCUT2D eigenvalue weighted by atomic mass is 19.4. The van der Waals surface area contributed by atoms with Crippen molar-refractivity contribution in [2.75, 3.05) is 38.2 Å². The van der Waals surface area contributed by atoms with Crippen LogP contribution in [0.1, 0.15) is 64.5 Å². The molecule has 0 aliphatic carbocycles. The molecular formula is C24H36F3N3O2. The van der Waals surface area contributed by atoms with Crippen LogP contribution in [-0.2, 0) is 15.7 Å². The molecule has 3 rings (SSSR count). The van der Waals surface area contributed by atoms with Crippen LogP contribution < -0.4 is 5.32 Å². The fourth-order valence-electron chi connectivity index (χ4n) is 5.35. The first kappa shape index (κ1) is 25.0. The molecule has 0 aromatic carbocycles. The van der Waals surface area contributed by atoms with Gasteiger partial charge in [-0.1, -0.05) is 19.9 Å². The van der Waals surface area contributed by atoms with E-state index in [9.17, 15) is 18.0 Å². The van der Waals surface area contributed by atoms with Crippen molar-refractivity contribution in [1.29, 1.82) is 0 Å². The number of alkyl halides is 3. The van der Waals surface area contributed by atoms with Crippen molar-refractivity contribution >= 4 is 11.7 Å². The minimum absolute atomic E-state index is 0.0527. The zero-order chi connectivity index (χ0) is 23.2. The number of ether oxygens (including phenoxy) is 1. The normalized spacial score (nSPS) is 20.4. The molecule has 5 nitrogen and oxygen atoms in total. The van der Waals surface area contributed by atoms with Gasteiger partial charge in [-0.2, -0.15) is 13.2 Å². The Morgan fingerprint density at radius 3 is 2.56 bits per heavy atom. The van der Waals surface area contributed by atoms with Crippen molar-refractivity contribution in [2.45, 2.75) is 65.0 Å². The number of carbonyl (C=O) groups excluding carboxylic acids is 1. The monoisotopic (exact) mass is 455 g/mol. The summed E-state index contributed by atoms with van der Waals surface area (Å²) in [5.41, 5.74) is -0.794. The molecule has 32 heavy (non-hydrogen) atoms. The third-order valence-electron chi connectivity index (χ3n) is 6.95. The molecule has 1 N–H and O–H groups in total. The second-order valence-corrected chi connectivity index (χ2v) is 9.75. The number of nitrogens with zero attached hydrogens (tertiary/aromatic N) is 2. The maximum Gasteiger partial charge on any atom is 0.433 e. The molecule has 0 saturated carbocycles. The third-order valence-corrected chi connectivity index (χ3v) is 6.95. The van der Waals surface area contributed by atoms with E-state index < -0.39 is 11.9 Å². The zero-order valence-electron chi connectivity index (χ0n) is 19.2. The summed E-state index contributed by atoms with van der Waals surface area (Å²) in [7, 11) is 0. The summed E-state index contributed by atoms with van der Waals surface area (Å²) < 4.78 is 44.1. The van der Waals surface area contributed by atoms with E-state index in [1.54, 1.807) is 0 Å². The predicted octanol–water partition coefficient (Wildman–Crippen LogP) is 5.37. The van der Waals surface area contributed by atoms with Gasteiger partial charge in [0.25, 0.3) is 0 Å². The Morgan fingerprint density at radius 1 is 1.25 bits per heavy atom. The Labute approximate surface area is 189 Å². The lowest BCUT2D eigenvalue weighted by Crippen LogP contribution is -2.44. The lowest BCUT2D eigenvalue weighted by molar-refractivity contribution is -0.141. The highest BCUT2D eigenvalue weighted by Crippen LogP contribution is 2.47. The molecule has 2 aliphatic rings. The first-order chi connectivity index (χ1) is 15.2. The van der Waals surface area contributed by atoms with E-state index in [2.05, 4.69) is 29.0 Å². The average molecular weight is 456 g/mol. The minimum Gasteiger partial charge on any atom is -0.381 e. The number of likely N-dealkylation sites (tertiary alicyclic amines) is 1. The number of halogens is 3. The summed E-state index contributed by atoms with van der Waals surface area (Å²) in [6.07, 6.45) is 1.86. The largest absolute Gasteiger partial charge is 0.433 e. The number of piperidine rings is 1. The van der Waals surface area contributed by atoms with Gasteiger partial charge in [0.2, 0.25) is 5.91 Å².